The van der Waals surface area contributed by atoms with Gasteiger partial charge >= 0.3 is 11.9 Å². The number of esters is 2. The molecule has 1 N–H and O–H groups in total. The maximum Gasteiger partial charge on any atom is 0.338 e. The highest BCUT2D eigenvalue weighted by molar-refractivity contribution is 5.89. The molecular weight excluding hydrogens is 327 g/mol. The van der Waals surface area contributed by atoms with Gasteiger partial charge in [-0.25, -0.2) is 14.0 Å². The van der Waals surface area contributed by atoms with E-state index >= 15 is 0 Å². The third-order valence-corrected chi connectivity index (χ3v) is 3.51. The molecule has 0 unspecified atom stereocenters. The van der Waals surface area contributed by atoms with E-state index in [1.54, 1.807) is 60.7 Å². The molecule has 2 aromatic carbocycles. The molecule has 0 fully saturated rings. The number of aliphatic hydroxyl groups is 1. The Labute approximate surface area is 145 Å². The van der Waals surface area contributed by atoms with Gasteiger partial charge < -0.3 is 14.6 Å². The highest BCUT2D eigenvalue weighted by Gasteiger charge is 2.29. The number of benzene rings is 2. The number of alkyl halides is 1. The van der Waals surface area contributed by atoms with Crippen molar-refractivity contribution in [3.8, 4) is 0 Å². The Morgan fingerprint density at radius 2 is 1.44 bits per heavy atom. The third kappa shape index (κ3) is 5.39. The van der Waals surface area contributed by atoms with Crippen molar-refractivity contribution >= 4 is 11.9 Å². The van der Waals surface area contributed by atoms with Crippen LogP contribution in [0.4, 0.5) is 4.39 Å². The molecular formula is C19H19FO5. The Kier molecular flexibility index (Phi) is 6.65. The Morgan fingerprint density at radius 1 is 0.960 bits per heavy atom. The molecule has 2 aromatic rings. The summed E-state index contributed by atoms with van der Waals surface area (Å²) in [4.78, 5) is 23.6. The van der Waals surface area contributed by atoms with E-state index in [9.17, 15) is 19.1 Å². The monoisotopic (exact) mass is 346 g/mol. The van der Waals surface area contributed by atoms with E-state index in [2.05, 4.69) is 0 Å². The summed E-state index contributed by atoms with van der Waals surface area (Å²) in [6, 6.07) is 16.3. The molecule has 0 spiro atoms. The highest BCUT2D eigenvalue weighted by atomic mass is 19.1. The molecule has 5 nitrogen and oxygen atoms in total. The van der Waals surface area contributed by atoms with Crippen molar-refractivity contribution in [1.29, 1.82) is 0 Å². The molecule has 0 aliphatic carbocycles. The predicted octanol–water partition coefficient (Wildman–Crippen LogP) is 2.79. The number of hydrogen-bond acceptors (Lipinski definition) is 5. The number of carbonyl (C=O) groups is 2. The van der Waals surface area contributed by atoms with Crippen molar-refractivity contribution in [1.82, 2.24) is 0 Å². The first-order chi connectivity index (χ1) is 12.0. The van der Waals surface area contributed by atoms with Crippen LogP contribution in [0.15, 0.2) is 60.7 Å². The minimum Gasteiger partial charge on any atom is -0.459 e. The average molecular weight is 346 g/mol. The lowest BCUT2D eigenvalue weighted by molar-refractivity contribution is -0.0479. The van der Waals surface area contributed by atoms with Gasteiger partial charge in [0.1, 0.15) is 18.8 Å². The van der Waals surface area contributed by atoms with Gasteiger partial charge in [0, 0.05) is 0 Å². The second kappa shape index (κ2) is 8.94. The van der Waals surface area contributed by atoms with Crippen LogP contribution in [0.5, 0.6) is 0 Å². The summed E-state index contributed by atoms with van der Waals surface area (Å²) in [6.07, 6.45) is -4.69. The first-order valence-electron chi connectivity index (χ1n) is 7.79. The minimum absolute atomic E-state index is 0.284. The average Bonchev–Trinajstić information content (AvgIpc) is 2.66. The number of aliphatic hydroxyl groups excluding tert-OH is 1. The Hall–Kier alpha value is -2.73. The van der Waals surface area contributed by atoms with Crippen LogP contribution in [0, 0.1) is 0 Å². The fourth-order valence-electron chi connectivity index (χ4n) is 2.10. The van der Waals surface area contributed by atoms with E-state index in [1.165, 1.54) is 6.92 Å². The van der Waals surface area contributed by atoms with Crippen LogP contribution in [-0.2, 0) is 9.47 Å². The van der Waals surface area contributed by atoms with Crippen LogP contribution in [0.3, 0.4) is 0 Å². The highest BCUT2D eigenvalue weighted by Crippen LogP contribution is 2.13. The summed E-state index contributed by atoms with van der Waals surface area (Å²) in [5, 5.41) is 9.82. The van der Waals surface area contributed by atoms with Crippen LogP contribution >= 0.6 is 0 Å². The Bertz CT molecular complexity index is 689. The first-order valence-corrected chi connectivity index (χ1v) is 7.79. The molecule has 132 valence electrons. The van der Waals surface area contributed by atoms with Gasteiger partial charge in [-0.2, -0.15) is 0 Å². The van der Waals surface area contributed by atoms with Crippen molar-refractivity contribution in [2.24, 2.45) is 0 Å². The predicted molar refractivity (Wildman–Crippen MR) is 88.9 cm³/mol. The maximum atomic E-state index is 14.2. The quantitative estimate of drug-likeness (QED) is 0.781. The van der Waals surface area contributed by atoms with Crippen molar-refractivity contribution < 1.29 is 28.6 Å². The van der Waals surface area contributed by atoms with Gasteiger partial charge in [0.2, 0.25) is 0 Å². The van der Waals surface area contributed by atoms with E-state index in [4.69, 9.17) is 9.47 Å². The second-order valence-electron chi connectivity index (χ2n) is 5.45. The molecule has 0 amide bonds. The number of rotatable bonds is 7. The number of hydrogen-bond donors (Lipinski definition) is 1. The summed E-state index contributed by atoms with van der Waals surface area (Å²) >= 11 is 0. The van der Waals surface area contributed by atoms with Gasteiger partial charge in [0.15, 0.2) is 6.17 Å². The summed E-state index contributed by atoms with van der Waals surface area (Å²) in [5.74, 6) is -1.36. The standard InChI is InChI=1S/C19H19FO5/c1-13(25-19(23)15-10-6-3-7-11-15)17(20)16(21)12-24-18(22)14-8-4-2-5-9-14/h2-11,13,16-17,21H,12H2,1H3/t13-,16+,17-/m0/s1. The molecule has 0 aliphatic rings. The normalized spacial score (nSPS) is 14.2. The minimum atomic E-state index is -1.89. The van der Waals surface area contributed by atoms with Crippen LogP contribution in [0.25, 0.3) is 0 Å². The lowest BCUT2D eigenvalue weighted by atomic mass is 10.1. The molecule has 0 aliphatic heterocycles. The summed E-state index contributed by atoms with van der Waals surface area (Å²) in [7, 11) is 0. The largest absolute Gasteiger partial charge is 0.459 e. The number of carbonyl (C=O) groups excluding carboxylic acids is 2. The molecule has 6 heteroatoms. The van der Waals surface area contributed by atoms with Gasteiger partial charge in [-0.05, 0) is 31.2 Å². The van der Waals surface area contributed by atoms with Crippen molar-refractivity contribution in [3.05, 3.63) is 71.8 Å². The van der Waals surface area contributed by atoms with Crippen LogP contribution in [-0.4, -0.2) is 42.0 Å². The zero-order valence-electron chi connectivity index (χ0n) is 13.7. The third-order valence-electron chi connectivity index (χ3n) is 3.51. The Morgan fingerprint density at radius 3 is 1.96 bits per heavy atom. The molecule has 3 atom stereocenters. The van der Waals surface area contributed by atoms with Crippen molar-refractivity contribution in [2.45, 2.75) is 25.3 Å². The van der Waals surface area contributed by atoms with Crippen LogP contribution in [0.1, 0.15) is 27.6 Å². The van der Waals surface area contributed by atoms with Gasteiger partial charge in [-0.15, -0.1) is 0 Å². The molecule has 0 radical (unpaired) electrons. The molecule has 0 bridgehead atoms. The fourth-order valence-corrected chi connectivity index (χ4v) is 2.10. The SMILES string of the molecule is C[C@H](OC(=O)c1ccccc1)[C@H](F)[C@H](O)COC(=O)c1ccccc1. The van der Waals surface area contributed by atoms with Crippen LogP contribution < -0.4 is 0 Å². The zero-order valence-corrected chi connectivity index (χ0v) is 13.7. The molecule has 0 saturated heterocycles. The van der Waals surface area contributed by atoms with Gasteiger partial charge in [0.25, 0.3) is 0 Å². The molecule has 0 aromatic heterocycles. The maximum absolute atomic E-state index is 14.2. The molecule has 25 heavy (non-hydrogen) atoms. The van der Waals surface area contributed by atoms with E-state index in [0.29, 0.717) is 5.56 Å². The summed E-state index contributed by atoms with van der Waals surface area (Å²) in [5.41, 5.74) is 0.584. The van der Waals surface area contributed by atoms with Gasteiger partial charge in [-0.1, -0.05) is 36.4 Å². The van der Waals surface area contributed by atoms with Gasteiger partial charge in [-0.3, -0.25) is 0 Å². The molecule has 0 heterocycles. The van der Waals surface area contributed by atoms with Crippen molar-refractivity contribution in [3.63, 3.8) is 0 Å². The van der Waals surface area contributed by atoms with Crippen LogP contribution in [0.2, 0.25) is 0 Å². The lowest BCUT2D eigenvalue weighted by Gasteiger charge is -2.22. The zero-order chi connectivity index (χ0) is 18.2. The van der Waals surface area contributed by atoms with E-state index in [-0.39, 0.29) is 5.56 Å². The molecule has 0 saturated carbocycles. The second-order valence-corrected chi connectivity index (χ2v) is 5.45. The smallest absolute Gasteiger partial charge is 0.338 e. The molecule has 2 rings (SSSR count). The van der Waals surface area contributed by atoms with Gasteiger partial charge in [0.05, 0.1) is 11.1 Å². The number of halogens is 1. The Balaban J connectivity index is 1.83. The number of ether oxygens (including phenoxy) is 2. The van der Waals surface area contributed by atoms with E-state index < -0.39 is 36.9 Å². The first kappa shape index (κ1) is 18.6. The lowest BCUT2D eigenvalue weighted by Crippen LogP contribution is -2.38. The topological polar surface area (TPSA) is 72.8 Å². The van der Waals surface area contributed by atoms with E-state index in [1.807, 2.05) is 0 Å². The fraction of sp³-hybridized carbons (Fsp3) is 0.263. The van der Waals surface area contributed by atoms with E-state index in [0.717, 1.165) is 0 Å². The van der Waals surface area contributed by atoms with Crippen molar-refractivity contribution in [2.75, 3.05) is 6.61 Å². The summed E-state index contributed by atoms with van der Waals surface area (Å²) < 4.78 is 24.1. The summed E-state index contributed by atoms with van der Waals surface area (Å²) in [6.45, 7) is 0.788.